The van der Waals surface area contributed by atoms with Crippen LogP contribution in [-0.4, -0.2) is 49.5 Å². The highest BCUT2D eigenvalue weighted by atomic mass is 16.3. The van der Waals surface area contributed by atoms with E-state index in [2.05, 4.69) is 84.0 Å². The molecule has 3 unspecified atom stereocenters. The molecule has 0 bridgehead atoms. The summed E-state index contributed by atoms with van der Waals surface area (Å²) in [6.45, 7) is 5.81. The number of nitrogens with one attached hydrogen (secondary N) is 2. The number of rotatable bonds is 13. The average Bonchev–Trinajstić information content (AvgIpc) is 2.75. The van der Waals surface area contributed by atoms with Gasteiger partial charge in [0, 0.05) is 25.2 Å². The Bertz CT molecular complexity index is 687. The summed E-state index contributed by atoms with van der Waals surface area (Å²) in [5, 5.41) is 17.5. The molecule has 160 valence electrons. The van der Waals surface area contributed by atoms with Gasteiger partial charge in [-0.15, -0.1) is 0 Å². The van der Waals surface area contributed by atoms with Gasteiger partial charge in [-0.3, -0.25) is 4.90 Å². The summed E-state index contributed by atoms with van der Waals surface area (Å²) in [5.41, 5.74) is 3.92. The normalized spacial score (nSPS) is 14.7. The molecule has 4 heteroatoms. The molecule has 2 aromatic rings. The van der Waals surface area contributed by atoms with Gasteiger partial charge in [-0.1, -0.05) is 74.9 Å². The van der Waals surface area contributed by atoms with Gasteiger partial charge in [0.15, 0.2) is 0 Å². The van der Waals surface area contributed by atoms with E-state index in [1.54, 1.807) is 0 Å². The van der Waals surface area contributed by atoms with E-state index in [-0.39, 0.29) is 6.04 Å². The predicted octanol–water partition coefficient (Wildman–Crippen LogP) is 3.96. The molecule has 0 amide bonds. The first-order chi connectivity index (χ1) is 14.1. The number of benzene rings is 2. The third-order valence-electron chi connectivity index (χ3n) is 5.73. The monoisotopic (exact) mass is 397 g/mol. The fraction of sp³-hybridized carbons (Fsp3) is 0.520. The molecule has 29 heavy (non-hydrogen) atoms. The highest BCUT2D eigenvalue weighted by Crippen LogP contribution is 2.27. The Morgan fingerprint density at radius 3 is 2.34 bits per heavy atom. The molecular weight excluding hydrogens is 358 g/mol. The van der Waals surface area contributed by atoms with Gasteiger partial charge in [-0.05, 0) is 50.0 Å². The van der Waals surface area contributed by atoms with Crippen LogP contribution in [-0.2, 0) is 6.42 Å². The minimum absolute atomic E-state index is 0.207. The topological polar surface area (TPSA) is 47.5 Å². The third kappa shape index (κ3) is 7.56. The van der Waals surface area contributed by atoms with E-state index in [1.165, 1.54) is 16.7 Å². The van der Waals surface area contributed by atoms with E-state index in [9.17, 15) is 5.11 Å². The van der Waals surface area contributed by atoms with Crippen LogP contribution in [0.25, 0.3) is 0 Å². The molecule has 0 aliphatic carbocycles. The fourth-order valence-corrected chi connectivity index (χ4v) is 3.81. The maximum absolute atomic E-state index is 10.8. The lowest BCUT2D eigenvalue weighted by Crippen LogP contribution is -2.45. The second-order valence-corrected chi connectivity index (χ2v) is 7.91. The summed E-state index contributed by atoms with van der Waals surface area (Å²) >= 11 is 0. The van der Waals surface area contributed by atoms with Crippen molar-refractivity contribution in [3.63, 3.8) is 0 Å². The van der Waals surface area contributed by atoms with Crippen molar-refractivity contribution in [1.29, 1.82) is 0 Å². The van der Waals surface area contributed by atoms with Gasteiger partial charge in [0.2, 0.25) is 0 Å². The third-order valence-corrected chi connectivity index (χ3v) is 5.73. The smallest absolute Gasteiger partial charge is 0.120 e. The van der Waals surface area contributed by atoms with Crippen molar-refractivity contribution in [2.24, 2.45) is 0 Å². The second-order valence-electron chi connectivity index (χ2n) is 7.91. The first-order valence-corrected chi connectivity index (χ1v) is 11.0. The average molecular weight is 398 g/mol. The molecule has 0 spiro atoms. The molecule has 0 aromatic heterocycles. The van der Waals surface area contributed by atoms with E-state index >= 15 is 0 Å². The van der Waals surface area contributed by atoms with Crippen LogP contribution in [0.2, 0.25) is 0 Å². The Morgan fingerprint density at radius 1 is 0.966 bits per heavy atom. The van der Waals surface area contributed by atoms with Gasteiger partial charge >= 0.3 is 0 Å². The van der Waals surface area contributed by atoms with Crippen molar-refractivity contribution in [3.05, 3.63) is 71.3 Å². The molecule has 4 nitrogen and oxygen atoms in total. The van der Waals surface area contributed by atoms with Crippen molar-refractivity contribution in [2.45, 2.75) is 57.8 Å². The Labute approximate surface area is 177 Å². The summed E-state index contributed by atoms with van der Waals surface area (Å²) in [5.74, 6) is 0. The molecular formula is C25H39N3O. The minimum atomic E-state index is -0.515. The summed E-state index contributed by atoms with van der Waals surface area (Å²) in [7, 11) is 4.02. The fourth-order valence-electron chi connectivity index (χ4n) is 3.81. The van der Waals surface area contributed by atoms with Crippen molar-refractivity contribution < 1.29 is 5.11 Å². The molecule has 0 saturated heterocycles. The van der Waals surface area contributed by atoms with Gasteiger partial charge in [-0.2, -0.15) is 0 Å². The SMILES string of the molecule is CCCC(c1cccc(Cc2ccccc2)c1)N(C)C(O)CNCC(CC)NC. The van der Waals surface area contributed by atoms with E-state index in [4.69, 9.17) is 0 Å². The maximum atomic E-state index is 10.8. The van der Waals surface area contributed by atoms with E-state index < -0.39 is 6.23 Å². The van der Waals surface area contributed by atoms with Crippen molar-refractivity contribution in [2.75, 3.05) is 27.2 Å². The molecule has 3 atom stereocenters. The number of likely N-dealkylation sites (N-methyl/N-ethyl adjacent to an activating group) is 2. The standard InChI is InChI=1S/C25H39N3O/c1-5-11-24(28(4)25(29)19-27-18-23(6-2)26-3)22-15-10-14-21(17-22)16-20-12-8-7-9-13-20/h7-10,12-15,17,23-27,29H,5-6,11,16,18-19H2,1-4H3. The molecule has 0 aliphatic heterocycles. The van der Waals surface area contributed by atoms with Gasteiger partial charge in [-0.25, -0.2) is 0 Å². The largest absolute Gasteiger partial charge is 0.377 e. The number of aliphatic hydroxyl groups excluding tert-OH is 1. The van der Waals surface area contributed by atoms with Gasteiger partial charge in [0.1, 0.15) is 6.23 Å². The summed E-state index contributed by atoms with van der Waals surface area (Å²) < 4.78 is 0. The lowest BCUT2D eigenvalue weighted by Gasteiger charge is -2.33. The summed E-state index contributed by atoms with van der Waals surface area (Å²) in [4.78, 5) is 2.11. The van der Waals surface area contributed by atoms with Crippen LogP contribution < -0.4 is 10.6 Å². The molecule has 0 radical (unpaired) electrons. The Balaban J connectivity index is 2.04. The van der Waals surface area contributed by atoms with Gasteiger partial charge in [0.25, 0.3) is 0 Å². The second kappa shape index (κ2) is 12.8. The molecule has 2 rings (SSSR count). The highest BCUT2D eigenvalue weighted by molar-refractivity contribution is 5.31. The maximum Gasteiger partial charge on any atom is 0.120 e. The number of hydrogen-bond acceptors (Lipinski definition) is 4. The zero-order valence-corrected chi connectivity index (χ0v) is 18.6. The van der Waals surface area contributed by atoms with Crippen LogP contribution in [0.15, 0.2) is 54.6 Å². The quantitative estimate of drug-likeness (QED) is 0.448. The Kier molecular flexibility index (Phi) is 10.4. The summed E-state index contributed by atoms with van der Waals surface area (Å²) in [6, 6.07) is 20.1. The van der Waals surface area contributed by atoms with Crippen LogP contribution in [0.5, 0.6) is 0 Å². The zero-order valence-electron chi connectivity index (χ0n) is 18.6. The van der Waals surface area contributed by atoms with Crippen LogP contribution in [0.4, 0.5) is 0 Å². The number of nitrogens with zero attached hydrogens (tertiary/aromatic N) is 1. The van der Waals surface area contributed by atoms with Gasteiger partial charge < -0.3 is 15.7 Å². The van der Waals surface area contributed by atoms with E-state index in [0.29, 0.717) is 12.6 Å². The molecule has 0 fully saturated rings. The Hall–Kier alpha value is -1.72. The molecule has 2 aromatic carbocycles. The van der Waals surface area contributed by atoms with E-state index in [1.807, 2.05) is 14.1 Å². The number of aliphatic hydroxyl groups is 1. The molecule has 3 N–H and O–H groups in total. The van der Waals surface area contributed by atoms with Crippen LogP contribution >= 0.6 is 0 Å². The first-order valence-electron chi connectivity index (χ1n) is 11.0. The lowest BCUT2D eigenvalue weighted by molar-refractivity contribution is -0.00843. The lowest BCUT2D eigenvalue weighted by atomic mass is 9.96. The zero-order chi connectivity index (χ0) is 21.1. The predicted molar refractivity (Wildman–Crippen MR) is 123 cm³/mol. The molecule has 0 aliphatic rings. The van der Waals surface area contributed by atoms with Crippen LogP contribution in [0.3, 0.4) is 0 Å². The van der Waals surface area contributed by atoms with Crippen molar-refractivity contribution in [1.82, 2.24) is 15.5 Å². The van der Waals surface area contributed by atoms with Crippen LogP contribution in [0.1, 0.15) is 55.8 Å². The van der Waals surface area contributed by atoms with Crippen molar-refractivity contribution in [3.8, 4) is 0 Å². The minimum Gasteiger partial charge on any atom is -0.377 e. The van der Waals surface area contributed by atoms with Crippen LogP contribution in [0, 0.1) is 0 Å². The number of hydrogen-bond donors (Lipinski definition) is 3. The molecule has 0 saturated carbocycles. The van der Waals surface area contributed by atoms with E-state index in [0.717, 1.165) is 32.2 Å². The molecule has 0 heterocycles. The summed E-state index contributed by atoms with van der Waals surface area (Å²) in [6.07, 6.45) is 3.59. The first kappa shape index (κ1) is 23.6. The highest BCUT2D eigenvalue weighted by Gasteiger charge is 2.22. The van der Waals surface area contributed by atoms with Crippen molar-refractivity contribution >= 4 is 0 Å². The Morgan fingerprint density at radius 2 is 1.69 bits per heavy atom. The van der Waals surface area contributed by atoms with Gasteiger partial charge in [0.05, 0.1) is 0 Å².